The molecule has 2 saturated heterocycles. The second-order valence-electron chi connectivity index (χ2n) is 7.67. The van der Waals surface area contributed by atoms with Gasteiger partial charge in [0.2, 0.25) is 0 Å². The van der Waals surface area contributed by atoms with Crippen LogP contribution in [0.25, 0.3) is 0 Å². The highest BCUT2D eigenvalue weighted by atomic mass is 35.5. The molecule has 2 aromatic carbocycles. The quantitative estimate of drug-likeness (QED) is 0.630. The number of halogens is 5. The van der Waals surface area contributed by atoms with Crippen LogP contribution in [0.2, 0.25) is 10.0 Å². The number of nitrogens with one attached hydrogen (secondary N) is 2. The van der Waals surface area contributed by atoms with Gasteiger partial charge in [-0.05, 0) is 43.4 Å². The smallest absolute Gasteiger partial charge is 0.343 e. The molecule has 0 spiro atoms. The third-order valence-electron chi connectivity index (χ3n) is 5.95. The number of hydrogen-bond donors (Lipinski definition) is 2. The Morgan fingerprint density at radius 1 is 1.10 bits per heavy atom. The van der Waals surface area contributed by atoms with Crippen molar-refractivity contribution in [2.24, 2.45) is 0 Å². The van der Waals surface area contributed by atoms with E-state index in [4.69, 9.17) is 23.2 Å². The van der Waals surface area contributed by atoms with Crippen LogP contribution in [0.1, 0.15) is 53.2 Å². The first-order chi connectivity index (χ1) is 13.7. The van der Waals surface area contributed by atoms with Gasteiger partial charge in [0.15, 0.2) is 0 Å². The molecule has 0 saturated carbocycles. The number of alkyl halides is 3. The van der Waals surface area contributed by atoms with Crippen LogP contribution >= 0.6 is 23.2 Å². The predicted molar refractivity (Wildman–Crippen MR) is 106 cm³/mol. The Morgan fingerprint density at radius 3 is 2.31 bits per heavy atom. The molecular formula is C21H19Cl2F3N2O. The van der Waals surface area contributed by atoms with Gasteiger partial charge in [-0.3, -0.25) is 4.79 Å². The Balaban J connectivity index is 1.72. The molecule has 2 N–H and O–H groups in total. The maximum atomic E-state index is 13.2. The lowest BCUT2D eigenvalue weighted by Crippen LogP contribution is -2.50. The summed E-state index contributed by atoms with van der Waals surface area (Å²) in [6.07, 6.45) is -0.919. The second-order valence-corrected chi connectivity index (χ2v) is 8.46. The van der Waals surface area contributed by atoms with Gasteiger partial charge in [0.1, 0.15) is 0 Å². The molecule has 29 heavy (non-hydrogen) atoms. The van der Waals surface area contributed by atoms with Crippen molar-refractivity contribution in [3.05, 3.63) is 69.2 Å². The first-order valence-corrected chi connectivity index (χ1v) is 10.2. The molecular weight excluding hydrogens is 424 g/mol. The Hall–Kier alpha value is -1.76. The lowest BCUT2D eigenvalue weighted by Gasteiger charge is -2.37. The standard InChI is InChI=1S/C21H19Cl2F3N2O/c22-15-7-6-14(21(24,25)26)17(23)16(15)19(29)27-18(12-4-2-1-3-5-12)20-10-8-13(28-20)9-11-20/h1-7,13,18,28H,8-11H2,(H,27,29). The average Bonchev–Trinajstić information content (AvgIpc) is 3.28. The zero-order chi connectivity index (χ0) is 20.8. The molecule has 3 nitrogen and oxygen atoms in total. The van der Waals surface area contributed by atoms with Gasteiger partial charge in [-0.1, -0.05) is 53.5 Å². The third kappa shape index (κ3) is 3.74. The molecule has 2 fully saturated rings. The minimum Gasteiger partial charge on any atom is -0.343 e. The van der Waals surface area contributed by atoms with Crippen molar-refractivity contribution in [3.8, 4) is 0 Å². The van der Waals surface area contributed by atoms with Crippen molar-refractivity contribution in [3.63, 3.8) is 0 Å². The maximum absolute atomic E-state index is 13.2. The fourth-order valence-electron chi connectivity index (χ4n) is 4.57. The van der Waals surface area contributed by atoms with Gasteiger partial charge in [0, 0.05) is 11.6 Å². The Morgan fingerprint density at radius 2 is 1.76 bits per heavy atom. The van der Waals surface area contributed by atoms with E-state index in [1.54, 1.807) is 0 Å². The number of amides is 1. The number of rotatable bonds is 4. The molecule has 2 aliphatic rings. The van der Waals surface area contributed by atoms with E-state index in [0.29, 0.717) is 6.04 Å². The van der Waals surface area contributed by atoms with E-state index in [-0.39, 0.29) is 16.1 Å². The normalized spacial score (nSPS) is 24.5. The van der Waals surface area contributed by atoms with Gasteiger partial charge >= 0.3 is 6.18 Å². The summed E-state index contributed by atoms with van der Waals surface area (Å²) in [5.74, 6) is -0.716. The summed E-state index contributed by atoms with van der Waals surface area (Å²) in [5, 5.41) is 5.73. The number of hydrogen-bond acceptors (Lipinski definition) is 2. The molecule has 0 aliphatic carbocycles. The Kier molecular flexibility index (Phi) is 5.30. The Labute approximate surface area is 176 Å². The highest BCUT2D eigenvalue weighted by Crippen LogP contribution is 2.46. The summed E-state index contributed by atoms with van der Waals surface area (Å²) in [7, 11) is 0. The minimum atomic E-state index is -4.68. The molecule has 0 aromatic heterocycles. The van der Waals surface area contributed by atoms with Crippen molar-refractivity contribution in [2.75, 3.05) is 0 Å². The minimum absolute atomic E-state index is 0.117. The lowest BCUT2D eigenvalue weighted by atomic mass is 9.78. The van der Waals surface area contributed by atoms with Crippen LogP contribution in [-0.2, 0) is 6.18 Å². The van der Waals surface area contributed by atoms with Crippen LogP contribution in [0.15, 0.2) is 42.5 Å². The van der Waals surface area contributed by atoms with Gasteiger partial charge in [0.05, 0.1) is 27.2 Å². The van der Waals surface area contributed by atoms with Crippen LogP contribution in [0.4, 0.5) is 13.2 Å². The first-order valence-electron chi connectivity index (χ1n) is 9.40. The van der Waals surface area contributed by atoms with Crippen LogP contribution in [0.5, 0.6) is 0 Å². The summed E-state index contributed by atoms with van der Waals surface area (Å²) in [4.78, 5) is 13.1. The maximum Gasteiger partial charge on any atom is 0.417 e. The molecule has 2 bridgehead atoms. The second kappa shape index (κ2) is 7.49. The predicted octanol–water partition coefficient (Wildman–Crippen LogP) is 5.77. The van der Waals surface area contributed by atoms with E-state index < -0.39 is 28.7 Å². The summed E-state index contributed by atoms with van der Waals surface area (Å²) in [6.45, 7) is 0. The average molecular weight is 443 g/mol. The third-order valence-corrected chi connectivity index (χ3v) is 6.66. The van der Waals surface area contributed by atoms with E-state index >= 15 is 0 Å². The van der Waals surface area contributed by atoms with Gasteiger partial charge < -0.3 is 10.6 Å². The highest BCUT2D eigenvalue weighted by Gasteiger charge is 2.50. The lowest BCUT2D eigenvalue weighted by molar-refractivity contribution is -0.137. The molecule has 1 unspecified atom stereocenters. The highest BCUT2D eigenvalue weighted by molar-refractivity contribution is 6.40. The van der Waals surface area contributed by atoms with Crippen molar-refractivity contribution in [2.45, 2.75) is 49.5 Å². The fourth-order valence-corrected chi connectivity index (χ4v) is 5.22. The molecule has 1 amide bonds. The van der Waals surface area contributed by atoms with Gasteiger partial charge in [-0.2, -0.15) is 13.2 Å². The molecule has 8 heteroatoms. The zero-order valence-corrected chi connectivity index (χ0v) is 16.8. The molecule has 2 aliphatic heterocycles. The van der Waals surface area contributed by atoms with Crippen LogP contribution < -0.4 is 10.6 Å². The largest absolute Gasteiger partial charge is 0.417 e. The summed E-state index contributed by atoms with van der Waals surface area (Å²) in [5.41, 5.74) is -0.881. The summed E-state index contributed by atoms with van der Waals surface area (Å²) >= 11 is 12.1. The monoisotopic (exact) mass is 442 g/mol. The van der Waals surface area contributed by atoms with Crippen LogP contribution in [-0.4, -0.2) is 17.5 Å². The van der Waals surface area contributed by atoms with Crippen LogP contribution in [0, 0.1) is 0 Å². The summed E-state index contributed by atoms with van der Waals surface area (Å²) in [6, 6.07) is 11.3. The zero-order valence-electron chi connectivity index (χ0n) is 15.3. The van der Waals surface area contributed by atoms with Crippen molar-refractivity contribution in [1.82, 2.24) is 10.6 Å². The van der Waals surface area contributed by atoms with Crippen LogP contribution in [0.3, 0.4) is 0 Å². The Bertz CT molecular complexity index is 926. The first kappa shape index (κ1) is 20.5. The van der Waals surface area contributed by atoms with E-state index in [1.807, 2.05) is 30.3 Å². The van der Waals surface area contributed by atoms with E-state index in [0.717, 1.165) is 43.4 Å². The van der Waals surface area contributed by atoms with E-state index in [2.05, 4.69) is 10.6 Å². The van der Waals surface area contributed by atoms with Crippen molar-refractivity contribution < 1.29 is 18.0 Å². The number of carbonyl (C=O) groups excluding carboxylic acids is 1. The van der Waals surface area contributed by atoms with E-state index in [9.17, 15) is 18.0 Å². The molecule has 0 radical (unpaired) electrons. The van der Waals surface area contributed by atoms with Gasteiger partial charge in [-0.25, -0.2) is 0 Å². The molecule has 4 rings (SSSR count). The van der Waals surface area contributed by atoms with Gasteiger partial charge in [0.25, 0.3) is 5.91 Å². The number of carbonyl (C=O) groups is 1. The topological polar surface area (TPSA) is 41.1 Å². The molecule has 1 atom stereocenters. The summed E-state index contributed by atoms with van der Waals surface area (Å²) < 4.78 is 39.7. The molecule has 2 aromatic rings. The van der Waals surface area contributed by atoms with Crippen molar-refractivity contribution >= 4 is 29.1 Å². The van der Waals surface area contributed by atoms with E-state index in [1.165, 1.54) is 0 Å². The SMILES string of the molecule is O=C(NC(c1ccccc1)C12CCC(CC1)N2)c1c(Cl)ccc(C(F)(F)F)c1Cl. The van der Waals surface area contributed by atoms with Crippen molar-refractivity contribution in [1.29, 1.82) is 0 Å². The number of benzene rings is 2. The fraction of sp³-hybridized carbons (Fsp3) is 0.381. The number of fused-ring (bicyclic) bond motifs is 2. The molecule has 154 valence electrons. The molecule has 2 heterocycles. The van der Waals surface area contributed by atoms with Gasteiger partial charge in [-0.15, -0.1) is 0 Å².